The van der Waals surface area contributed by atoms with E-state index in [1.54, 1.807) is 0 Å². The summed E-state index contributed by atoms with van der Waals surface area (Å²) in [6.45, 7) is 3.84. The molecule has 0 heterocycles. The summed E-state index contributed by atoms with van der Waals surface area (Å²) in [6, 6.07) is 18.5. The highest BCUT2D eigenvalue weighted by molar-refractivity contribution is 5.93. The van der Waals surface area contributed by atoms with Crippen LogP contribution in [-0.4, -0.2) is 36.6 Å². The third-order valence-electron chi connectivity index (χ3n) is 5.53. The Labute approximate surface area is 202 Å². The molecule has 2 amide bonds. The molecule has 0 saturated carbocycles. The second-order valence-electron chi connectivity index (χ2n) is 9.05. The van der Waals surface area contributed by atoms with Crippen molar-refractivity contribution in [3.8, 4) is 0 Å². The normalized spacial score (nSPS) is 13.6. The largest absolute Gasteiger partial charge is 0.467 e. The molecule has 4 N–H and O–H groups in total. The number of hydrogen-bond acceptors (Lipinski definition) is 5. The van der Waals surface area contributed by atoms with Crippen LogP contribution in [0.2, 0.25) is 0 Å². The van der Waals surface area contributed by atoms with Crippen molar-refractivity contribution >= 4 is 17.8 Å². The molecule has 7 heteroatoms. The Kier molecular flexibility index (Phi) is 10.7. The van der Waals surface area contributed by atoms with Crippen molar-refractivity contribution in [2.75, 3.05) is 7.11 Å². The number of hydrogen-bond donors (Lipinski definition) is 3. The first-order valence-electron chi connectivity index (χ1n) is 11.8. The van der Waals surface area contributed by atoms with Gasteiger partial charge in [-0.15, -0.1) is 0 Å². The minimum Gasteiger partial charge on any atom is -0.467 e. The molecule has 7 nitrogen and oxygen atoms in total. The molecule has 2 rings (SSSR count). The van der Waals surface area contributed by atoms with Crippen LogP contribution in [0.15, 0.2) is 60.7 Å². The average molecular weight is 468 g/mol. The van der Waals surface area contributed by atoms with Crippen LogP contribution in [0.5, 0.6) is 0 Å². The summed E-state index contributed by atoms with van der Waals surface area (Å²) in [5.74, 6) is -1.43. The van der Waals surface area contributed by atoms with Crippen LogP contribution in [-0.2, 0) is 32.0 Å². The van der Waals surface area contributed by atoms with Crippen molar-refractivity contribution < 1.29 is 19.1 Å². The minimum absolute atomic E-state index is 0.0415. The van der Waals surface area contributed by atoms with Crippen molar-refractivity contribution in [3.63, 3.8) is 0 Å². The number of amides is 2. The van der Waals surface area contributed by atoms with Gasteiger partial charge in [-0.3, -0.25) is 9.59 Å². The van der Waals surface area contributed by atoms with E-state index >= 15 is 0 Å². The number of benzene rings is 2. The Hall–Kier alpha value is -3.19. The molecule has 34 heavy (non-hydrogen) atoms. The zero-order chi connectivity index (χ0) is 25.0. The molecule has 2 aromatic rings. The predicted octanol–water partition coefficient (Wildman–Crippen LogP) is 3.12. The van der Waals surface area contributed by atoms with Gasteiger partial charge in [-0.05, 0) is 42.7 Å². The molecule has 2 unspecified atom stereocenters. The average Bonchev–Trinajstić information content (AvgIpc) is 2.81. The van der Waals surface area contributed by atoms with Gasteiger partial charge in [0.05, 0.1) is 7.11 Å². The van der Waals surface area contributed by atoms with Crippen LogP contribution in [0.25, 0.3) is 0 Å². The second-order valence-corrected chi connectivity index (χ2v) is 9.05. The molecule has 0 saturated heterocycles. The van der Waals surface area contributed by atoms with Gasteiger partial charge in [0.15, 0.2) is 5.66 Å². The molecule has 0 aliphatic carbocycles. The van der Waals surface area contributed by atoms with Crippen LogP contribution < -0.4 is 16.4 Å². The van der Waals surface area contributed by atoms with E-state index in [2.05, 4.69) is 22.8 Å². The van der Waals surface area contributed by atoms with Crippen molar-refractivity contribution in [1.82, 2.24) is 10.6 Å². The Bertz CT molecular complexity index is 918. The maximum Gasteiger partial charge on any atom is 0.328 e. The van der Waals surface area contributed by atoms with E-state index in [0.29, 0.717) is 6.42 Å². The fourth-order valence-electron chi connectivity index (χ4n) is 3.89. The quantitative estimate of drug-likeness (QED) is 0.238. The number of nitrogens with two attached hydrogens (primary N) is 1. The van der Waals surface area contributed by atoms with Crippen molar-refractivity contribution in [2.45, 2.75) is 64.1 Å². The van der Waals surface area contributed by atoms with E-state index in [0.717, 1.165) is 18.4 Å². The van der Waals surface area contributed by atoms with E-state index in [1.165, 1.54) is 12.7 Å². The number of aryl methyl sites for hydroxylation is 1. The van der Waals surface area contributed by atoms with E-state index < -0.39 is 23.6 Å². The van der Waals surface area contributed by atoms with Crippen molar-refractivity contribution in [1.29, 1.82) is 0 Å². The number of rotatable bonds is 13. The molecule has 0 radical (unpaired) electrons. The van der Waals surface area contributed by atoms with Gasteiger partial charge < -0.3 is 21.1 Å². The van der Waals surface area contributed by atoms with Gasteiger partial charge in [-0.1, -0.05) is 74.5 Å². The lowest BCUT2D eigenvalue weighted by molar-refractivity contribution is -0.146. The number of unbranched alkanes of at least 4 members (excludes halogenated alkanes) is 1. The Morgan fingerprint density at radius 2 is 1.53 bits per heavy atom. The molecule has 0 spiro atoms. The maximum absolute atomic E-state index is 13.2. The lowest BCUT2D eigenvalue weighted by atomic mass is 9.95. The molecule has 0 aliphatic heterocycles. The van der Waals surface area contributed by atoms with Crippen molar-refractivity contribution in [2.24, 2.45) is 11.7 Å². The van der Waals surface area contributed by atoms with Crippen molar-refractivity contribution in [3.05, 3.63) is 71.8 Å². The van der Waals surface area contributed by atoms with Crippen LogP contribution in [0.3, 0.4) is 0 Å². The second kappa shape index (κ2) is 13.5. The molecule has 184 valence electrons. The highest BCUT2D eigenvalue weighted by atomic mass is 16.5. The first-order valence-corrected chi connectivity index (χ1v) is 11.8. The third-order valence-corrected chi connectivity index (χ3v) is 5.53. The topological polar surface area (TPSA) is 111 Å². The predicted molar refractivity (Wildman–Crippen MR) is 133 cm³/mol. The smallest absolute Gasteiger partial charge is 0.328 e. The summed E-state index contributed by atoms with van der Waals surface area (Å²) in [4.78, 5) is 38.2. The molecule has 2 aromatic carbocycles. The summed E-state index contributed by atoms with van der Waals surface area (Å²) in [7, 11) is 1.27. The molecular formula is C27H37N3O4. The zero-order valence-electron chi connectivity index (χ0n) is 20.4. The van der Waals surface area contributed by atoms with Gasteiger partial charge in [-0.25, -0.2) is 4.79 Å². The summed E-state index contributed by atoms with van der Waals surface area (Å²) < 4.78 is 4.88. The molecule has 0 aliphatic rings. The molecule has 0 bridgehead atoms. The Balaban J connectivity index is 2.00. The van der Waals surface area contributed by atoms with Crippen LogP contribution in [0.4, 0.5) is 0 Å². The Morgan fingerprint density at radius 1 is 0.941 bits per heavy atom. The number of carbonyl (C=O) groups excluding carboxylic acids is 3. The van der Waals surface area contributed by atoms with Crippen LogP contribution in [0, 0.1) is 5.92 Å². The molecule has 0 aromatic heterocycles. The van der Waals surface area contributed by atoms with E-state index in [4.69, 9.17) is 10.5 Å². The highest BCUT2D eigenvalue weighted by Crippen LogP contribution is 2.15. The first kappa shape index (κ1) is 27.1. The van der Waals surface area contributed by atoms with E-state index in [-0.39, 0.29) is 31.1 Å². The van der Waals surface area contributed by atoms with E-state index in [9.17, 15) is 14.4 Å². The van der Waals surface area contributed by atoms with Gasteiger partial charge in [0.25, 0.3) is 5.91 Å². The van der Waals surface area contributed by atoms with Gasteiger partial charge >= 0.3 is 5.97 Å². The maximum atomic E-state index is 13.2. The highest BCUT2D eigenvalue weighted by Gasteiger charge is 2.38. The monoisotopic (exact) mass is 467 g/mol. The molecule has 0 fully saturated rings. The molecule has 2 atom stereocenters. The summed E-state index contributed by atoms with van der Waals surface area (Å²) in [6.07, 6.45) is 3.17. The fraction of sp³-hybridized carbons (Fsp3) is 0.444. The Morgan fingerprint density at radius 3 is 2.09 bits per heavy atom. The SMILES string of the molecule is COC(=O)C(Cc1ccccc1)NC(=O)C(N)(CC(C)C)NC(=O)CCCCc1ccccc1. The molecular weight excluding hydrogens is 430 g/mol. The lowest BCUT2D eigenvalue weighted by Crippen LogP contribution is -2.67. The lowest BCUT2D eigenvalue weighted by Gasteiger charge is -2.32. The van der Waals surface area contributed by atoms with Crippen LogP contribution in [0.1, 0.15) is 50.7 Å². The van der Waals surface area contributed by atoms with Gasteiger partial charge in [0.1, 0.15) is 6.04 Å². The van der Waals surface area contributed by atoms with Gasteiger partial charge in [0, 0.05) is 12.8 Å². The summed E-state index contributed by atoms with van der Waals surface area (Å²) in [5, 5.41) is 5.43. The van der Waals surface area contributed by atoms with Gasteiger partial charge in [0.2, 0.25) is 5.91 Å². The number of ether oxygens (including phenoxy) is 1. The summed E-state index contributed by atoms with van der Waals surface area (Å²) >= 11 is 0. The fourth-order valence-corrected chi connectivity index (χ4v) is 3.89. The van der Waals surface area contributed by atoms with Crippen LogP contribution >= 0.6 is 0 Å². The van der Waals surface area contributed by atoms with E-state index in [1.807, 2.05) is 62.4 Å². The standard InChI is InChI=1S/C27H37N3O4/c1-20(2)19-27(28,30-24(31)17-11-10-14-21-12-6-4-7-13-21)26(33)29-23(25(32)34-3)18-22-15-8-5-9-16-22/h4-9,12-13,15-16,20,23H,10-11,14,17-19,28H2,1-3H3,(H,29,33)(H,30,31). The minimum atomic E-state index is -1.63. The number of carbonyl (C=O) groups is 3. The first-order chi connectivity index (χ1) is 16.2. The number of nitrogens with one attached hydrogen (secondary N) is 2. The summed E-state index contributed by atoms with van der Waals surface area (Å²) in [5.41, 5.74) is 6.89. The number of esters is 1. The third kappa shape index (κ3) is 8.98. The van der Waals surface area contributed by atoms with Gasteiger partial charge in [-0.2, -0.15) is 0 Å². The zero-order valence-corrected chi connectivity index (χ0v) is 20.4. The number of methoxy groups -OCH3 is 1.